The van der Waals surface area contributed by atoms with Crippen LogP contribution in [0.15, 0.2) is 175 Å². The van der Waals surface area contributed by atoms with Crippen LogP contribution in [0.4, 0.5) is 20.2 Å². The maximum atomic E-state index is 13.5. The van der Waals surface area contributed by atoms with Gasteiger partial charge in [0.05, 0.1) is 11.5 Å². The number of carbonyl (C=O) groups excluding carboxylic acids is 6. The van der Waals surface area contributed by atoms with Crippen molar-refractivity contribution in [3.8, 4) is 0 Å². The van der Waals surface area contributed by atoms with Gasteiger partial charge in [-0.2, -0.15) is 0 Å². The van der Waals surface area contributed by atoms with Crippen LogP contribution < -0.4 is 10.6 Å². The zero-order chi connectivity index (χ0) is 45.0. The number of hydrogen-bond acceptors (Lipinski definition) is 6. The highest BCUT2D eigenvalue weighted by atomic mass is 19.1. The third kappa shape index (κ3) is 14.4. The molecule has 6 aromatic rings. The number of aldehydes is 1. The number of benzene rings is 6. The molecule has 0 saturated heterocycles. The van der Waals surface area contributed by atoms with Crippen LogP contribution in [0, 0.1) is 29.4 Å². The SMILES string of the molecule is CC(C)C(=O)/C(=C/c1ccccc1)C(=O)Nc1ccccc1.CC(C)C(=O)C(C(=O)Nc1ccccc1)C(C(=O)c1ccc(F)cc1)c1ccccc1.O=Cc1ccc(F)cc1. The summed E-state index contributed by atoms with van der Waals surface area (Å²) < 4.78 is 25.5. The van der Waals surface area contributed by atoms with Crippen LogP contribution in [0.2, 0.25) is 0 Å². The van der Waals surface area contributed by atoms with E-state index in [1.807, 2.05) is 54.6 Å². The number of hydrogen-bond donors (Lipinski definition) is 2. The van der Waals surface area contributed by atoms with E-state index < -0.39 is 35.3 Å². The summed E-state index contributed by atoms with van der Waals surface area (Å²) in [6.45, 7) is 6.99. The normalized spacial score (nSPS) is 11.7. The van der Waals surface area contributed by atoms with Crippen LogP contribution in [-0.2, 0) is 19.2 Å². The van der Waals surface area contributed by atoms with Gasteiger partial charge in [0.25, 0.3) is 5.91 Å². The molecule has 10 heteroatoms. The van der Waals surface area contributed by atoms with E-state index in [2.05, 4.69) is 10.6 Å². The number of nitrogens with one attached hydrogen (secondary N) is 2. The maximum Gasteiger partial charge on any atom is 0.259 e. The molecule has 316 valence electrons. The highest BCUT2D eigenvalue weighted by molar-refractivity contribution is 6.26. The second kappa shape index (κ2) is 24.0. The van der Waals surface area contributed by atoms with Crippen molar-refractivity contribution in [3.05, 3.63) is 209 Å². The number of rotatable bonds is 14. The first-order chi connectivity index (χ1) is 29.8. The molecule has 0 aliphatic rings. The largest absolute Gasteiger partial charge is 0.325 e. The van der Waals surface area contributed by atoms with E-state index in [0.717, 1.165) is 5.56 Å². The number of amides is 2. The third-order valence-corrected chi connectivity index (χ3v) is 9.29. The quantitative estimate of drug-likeness (QED) is 0.0370. The molecule has 2 amide bonds. The molecule has 8 nitrogen and oxygen atoms in total. The standard InChI is InChI=1S/C26H24FNO3.C19H19NO2.C7H5FO/c1-17(2)24(29)23(26(31)28-21-11-7-4-8-12-21)22(18-9-5-3-6-10-18)25(30)19-13-15-20(27)16-14-19;1-14(2)18(21)17(13-15-9-5-3-6-10-15)19(22)20-16-11-7-4-8-12-16;8-7-3-1-6(5-9)2-4-7/h3-17,22-23H,1-2H3,(H,28,31);3-14H,1-2H3,(H,20,22);1-5H/b;17-13-;. The molecule has 2 unspecified atom stereocenters. The van der Waals surface area contributed by atoms with Gasteiger partial charge >= 0.3 is 0 Å². The minimum atomic E-state index is -1.24. The van der Waals surface area contributed by atoms with Crippen molar-refractivity contribution >= 4 is 52.9 Å². The van der Waals surface area contributed by atoms with Crippen molar-refractivity contribution in [1.29, 1.82) is 0 Å². The Morgan fingerprint density at radius 2 is 0.968 bits per heavy atom. The zero-order valence-electron chi connectivity index (χ0n) is 34.8. The Bertz CT molecular complexity index is 2420. The van der Waals surface area contributed by atoms with E-state index in [4.69, 9.17) is 0 Å². The molecule has 0 saturated carbocycles. The molecule has 0 bridgehead atoms. The van der Waals surface area contributed by atoms with Gasteiger partial charge in [-0.05, 0) is 90.0 Å². The van der Waals surface area contributed by atoms with Gasteiger partial charge in [0.1, 0.15) is 29.6 Å². The van der Waals surface area contributed by atoms with Gasteiger partial charge in [0, 0.05) is 34.3 Å². The Morgan fingerprint density at radius 3 is 1.44 bits per heavy atom. The van der Waals surface area contributed by atoms with Crippen molar-refractivity contribution in [2.45, 2.75) is 33.6 Å². The summed E-state index contributed by atoms with van der Waals surface area (Å²) in [5.74, 6) is -5.60. The van der Waals surface area contributed by atoms with Gasteiger partial charge in [0.2, 0.25) is 5.91 Å². The lowest BCUT2D eigenvalue weighted by Gasteiger charge is -2.26. The van der Waals surface area contributed by atoms with Crippen LogP contribution in [0.3, 0.4) is 0 Å². The van der Waals surface area contributed by atoms with E-state index in [-0.39, 0.29) is 40.3 Å². The topological polar surface area (TPSA) is 126 Å². The van der Waals surface area contributed by atoms with Crippen LogP contribution in [0.5, 0.6) is 0 Å². The molecule has 2 N–H and O–H groups in total. The first kappa shape index (κ1) is 47.2. The van der Waals surface area contributed by atoms with Gasteiger partial charge in [0.15, 0.2) is 11.6 Å². The smallest absolute Gasteiger partial charge is 0.259 e. The number of halogens is 2. The average Bonchev–Trinajstić information content (AvgIpc) is 3.29. The van der Waals surface area contributed by atoms with E-state index >= 15 is 0 Å². The third-order valence-electron chi connectivity index (χ3n) is 9.29. The fraction of sp³-hybridized carbons (Fsp3) is 0.154. The summed E-state index contributed by atoms with van der Waals surface area (Å²) in [4.78, 5) is 74.9. The maximum absolute atomic E-state index is 13.5. The van der Waals surface area contributed by atoms with Crippen LogP contribution in [0.25, 0.3) is 6.08 Å². The Balaban J connectivity index is 0.000000235. The second-order valence-corrected chi connectivity index (χ2v) is 14.6. The molecule has 2 atom stereocenters. The molecule has 0 aliphatic heterocycles. The molecular formula is C52H48F2N2O6. The molecule has 0 aliphatic carbocycles. The molecular weight excluding hydrogens is 787 g/mol. The molecule has 0 fully saturated rings. The van der Waals surface area contributed by atoms with Gasteiger partial charge in [-0.25, -0.2) is 8.78 Å². The summed E-state index contributed by atoms with van der Waals surface area (Å²) in [6.07, 6.45) is 2.32. The number of carbonyl (C=O) groups is 6. The number of anilines is 2. The Morgan fingerprint density at radius 1 is 0.516 bits per heavy atom. The van der Waals surface area contributed by atoms with Gasteiger partial charge < -0.3 is 10.6 Å². The van der Waals surface area contributed by atoms with Crippen molar-refractivity contribution in [3.63, 3.8) is 0 Å². The van der Waals surface area contributed by atoms with Crippen molar-refractivity contribution in [2.24, 2.45) is 17.8 Å². The van der Waals surface area contributed by atoms with Crippen molar-refractivity contribution < 1.29 is 37.5 Å². The lowest BCUT2D eigenvalue weighted by atomic mass is 9.75. The van der Waals surface area contributed by atoms with E-state index in [1.54, 1.807) is 101 Å². The molecule has 0 heterocycles. The number of para-hydroxylation sites is 2. The molecule has 62 heavy (non-hydrogen) atoms. The lowest BCUT2D eigenvalue weighted by molar-refractivity contribution is -0.133. The van der Waals surface area contributed by atoms with E-state index in [9.17, 15) is 37.5 Å². The van der Waals surface area contributed by atoms with Crippen LogP contribution >= 0.6 is 0 Å². The van der Waals surface area contributed by atoms with Gasteiger partial charge in [-0.3, -0.25) is 28.8 Å². The Labute approximate surface area is 360 Å². The molecule has 6 rings (SSSR count). The first-order valence-electron chi connectivity index (χ1n) is 19.9. The van der Waals surface area contributed by atoms with Crippen LogP contribution in [0.1, 0.15) is 65.5 Å². The first-order valence-corrected chi connectivity index (χ1v) is 19.9. The molecule has 0 aromatic heterocycles. The van der Waals surface area contributed by atoms with Crippen LogP contribution in [-0.4, -0.2) is 35.5 Å². The zero-order valence-corrected chi connectivity index (χ0v) is 34.8. The monoisotopic (exact) mass is 834 g/mol. The molecule has 6 aromatic carbocycles. The summed E-state index contributed by atoms with van der Waals surface area (Å²) in [5, 5.41) is 5.54. The highest BCUT2D eigenvalue weighted by Crippen LogP contribution is 2.33. The van der Waals surface area contributed by atoms with Gasteiger partial charge in [-0.15, -0.1) is 0 Å². The minimum absolute atomic E-state index is 0.169. The predicted molar refractivity (Wildman–Crippen MR) is 239 cm³/mol. The predicted octanol–water partition coefficient (Wildman–Crippen LogP) is 10.8. The lowest BCUT2D eigenvalue weighted by Crippen LogP contribution is -2.40. The Hall–Kier alpha value is -7.46. The number of Topliss-reactive ketones (excluding diaryl/α,β-unsaturated/α-hetero) is 3. The van der Waals surface area contributed by atoms with Crippen molar-refractivity contribution in [1.82, 2.24) is 0 Å². The fourth-order valence-corrected chi connectivity index (χ4v) is 6.03. The highest BCUT2D eigenvalue weighted by Gasteiger charge is 2.41. The summed E-state index contributed by atoms with van der Waals surface area (Å²) in [7, 11) is 0. The van der Waals surface area contributed by atoms with Gasteiger partial charge in [-0.1, -0.05) is 125 Å². The van der Waals surface area contributed by atoms with E-state index in [0.29, 0.717) is 28.8 Å². The summed E-state index contributed by atoms with van der Waals surface area (Å²) in [5.41, 5.74) is 3.50. The summed E-state index contributed by atoms with van der Waals surface area (Å²) >= 11 is 0. The fourth-order valence-electron chi connectivity index (χ4n) is 6.03. The minimum Gasteiger partial charge on any atom is -0.325 e. The van der Waals surface area contributed by atoms with Crippen molar-refractivity contribution in [2.75, 3.05) is 10.6 Å². The van der Waals surface area contributed by atoms with E-state index in [1.165, 1.54) is 48.5 Å². The number of ketones is 3. The summed E-state index contributed by atoms with van der Waals surface area (Å²) in [6, 6.07) is 46.5. The Kier molecular flexibility index (Phi) is 18.2. The second-order valence-electron chi connectivity index (χ2n) is 14.6. The molecule has 0 radical (unpaired) electrons. The molecule has 0 spiro atoms. The average molecular weight is 835 g/mol.